The van der Waals surface area contributed by atoms with Crippen molar-refractivity contribution in [2.75, 3.05) is 17.6 Å². The number of anilines is 1. The standard InChI is InChI=1S/C18H18N2O3S2/c1-19-18(21)17-11-14-10-15(8-9-16(14)24-17)20(25(2,22)23)12-13-6-4-3-5-7-13/h3-11H,12H2,1-2H3,(H,19,21). The number of nitrogens with one attached hydrogen (secondary N) is 1. The van der Waals surface area contributed by atoms with Crippen LogP contribution >= 0.6 is 11.3 Å². The molecular formula is C18H18N2O3S2. The molecule has 0 aliphatic carbocycles. The quantitative estimate of drug-likeness (QED) is 0.746. The van der Waals surface area contributed by atoms with Crippen LogP contribution in [0.1, 0.15) is 15.2 Å². The number of benzene rings is 2. The molecule has 3 rings (SSSR count). The molecule has 0 unspecified atom stereocenters. The Kier molecular flexibility index (Phi) is 4.78. The number of amides is 1. The van der Waals surface area contributed by atoms with E-state index in [1.54, 1.807) is 19.2 Å². The minimum absolute atomic E-state index is 0.146. The predicted octanol–water partition coefficient (Wildman–Crippen LogP) is 3.23. The largest absolute Gasteiger partial charge is 0.354 e. The van der Waals surface area contributed by atoms with Crippen LogP contribution in [0.4, 0.5) is 5.69 Å². The summed E-state index contributed by atoms with van der Waals surface area (Å²) in [5, 5.41) is 3.45. The molecule has 0 saturated carbocycles. The van der Waals surface area contributed by atoms with Gasteiger partial charge in [-0.2, -0.15) is 0 Å². The van der Waals surface area contributed by atoms with E-state index >= 15 is 0 Å². The Hall–Kier alpha value is -2.38. The van der Waals surface area contributed by atoms with Crippen molar-refractivity contribution < 1.29 is 13.2 Å². The Labute approximate surface area is 151 Å². The van der Waals surface area contributed by atoms with E-state index in [1.807, 2.05) is 42.5 Å². The van der Waals surface area contributed by atoms with Gasteiger partial charge in [0.2, 0.25) is 10.0 Å². The van der Waals surface area contributed by atoms with Gasteiger partial charge in [-0.05, 0) is 35.2 Å². The second kappa shape index (κ2) is 6.85. The molecule has 2 aromatic carbocycles. The van der Waals surface area contributed by atoms with Crippen LogP contribution < -0.4 is 9.62 Å². The van der Waals surface area contributed by atoms with E-state index in [4.69, 9.17) is 0 Å². The van der Waals surface area contributed by atoms with Crippen LogP contribution in [0.15, 0.2) is 54.6 Å². The van der Waals surface area contributed by atoms with E-state index in [-0.39, 0.29) is 12.5 Å². The van der Waals surface area contributed by atoms with Crippen molar-refractivity contribution in [2.24, 2.45) is 0 Å². The molecule has 1 amide bonds. The van der Waals surface area contributed by atoms with Crippen molar-refractivity contribution in [2.45, 2.75) is 6.54 Å². The zero-order chi connectivity index (χ0) is 18.0. The van der Waals surface area contributed by atoms with Gasteiger partial charge in [0, 0.05) is 11.7 Å². The Morgan fingerprint density at radius 1 is 1.12 bits per heavy atom. The minimum atomic E-state index is -3.44. The lowest BCUT2D eigenvalue weighted by atomic mass is 10.2. The van der Waals surface area contributed by atoms with Crippen molar-refractivity contribution in [3.05, 3.63) is 65.0 Å². The minimum Gasteiger partial charge on any atom is -0.354 e. The summed E-state index contributed by atoms with van der Waals surface area (Å²) >= 11 is 1.38. The summed E-state index contributed by atoms with van der Waals surface area (Å²) in [5.74, 6) is -0.146. The van der Waals surface area contributed by atoms with E-state index < -0.39 is 10.0 Å². The molecule has 0 fully saturated rings. The number of fused-ring (bicyclic) bond motifs is 1. The Morgan fingerprint density at radius 2 is 1.84 bits per heavy atom. The maximum Gasteiger partial charge on any atom is 0.261 e. The molecule has 0 saturated heterocycles. The molecule has 5 nitrogen and oxygen atoms in total. The lowest BCUT2D eigenvalue weighted by Crippen LogP contribution is -2.29. The van der Waals surface area contributed by atoms with E-state index in [0.717, 1.165) is 15.6 Å². The molecule has 130 valence electrons. The fourth-order valence-corrected chi connectivity index (χ4v) is 4.44. The summed E-state index contributed by atoms with van der Waals surface area (Å²) in [6, 6.07) is 16.7. The molecule has 0 aliphatic heterocycles. The molecule has 0 aliphatic rings. The molecule has 0 atom stereocenters. The SMILES string of the molecule is CNC(=O)c1cc2cc(N(Cc3ccccc3)S(C)(=O)=O)ccc2s1. The molecule has 25 heavy (non-hydrogen) atoms. The van der Waals surface area contributed by atoms with Crippen LogP contribution in [0, 0.1) is 0 Å². The van der Waals surface area contributed by atoms with E-state index in [0.29, 0.717) is 10.6 Å². The van der Waals surface area contributed by atoms with Crippen LogP contribution in [0.2, 0.25) is 0 Å². The van der Waals surface area contributed by atoms with Crippen molar-refractivity contribution >= 4 is 43.0 Å². The first kappa shape index (κ1) is 17.4. The highest BCUT2D eigenvalue weighted by atomic mass is 32.2. The lowest BCUT2D eigenvalue weighted by molar-refractivity contribution is 0.0967. The van der Waals surface area contributed by atoms with Gasteiger partial charge < -0.3 is 5.32 Å². The number of hydrogen-bond acceptors (Lipinski definition) is 4. The summed E-state index contributed by atoms with van der Waals surface area (Å²) in [7, 11) is -1.85. The van der Waals surface area contributed by atoms with Gasteiger partial charge in [0.1, 0.15) is 0 Å². The number of hydrogen-bond donors (Lipinski definition) is 1. The topological polar surface area (TPSA) is 66.5 Å². The Bertz CT molecular complexity index is 1010. The second-order valence-electron chi connectivity index (χ2n) is 5.67. The van der Waals surface area contributed by atoms with E-state index in [1.165, 1.54) is 21.9 Å². The van der Waals surface area contributed by atoms with Crippen molar-refractivity contribution in [3.8, 4) is 0 Å². The van der Waals surface area contributed by atoms with Gasteiger partial charge in [0.15, 0.2) is 0 Å². The molecule has 1 N–H and O–H groups in total. The van der Waals surface area contributed by atoms with Gasteiger partial charge in [0.05, 0.1) is 23.4 Å². The Morgan fingerprint density at radius 3 is 2.48 bits per heavy atom. The second-order valence-corrected chi connectivity index (χ2v) is 8.66. The summed E-state index contributed by atoms with van der Waals surface area (Å²) in [4.78, 5) is 12.4. The van der Waals surface area contributed by atoms with Crippen LogP contribution in [0.3, 0.4) is 0 Å². The number of carbonyl (C=O) groups is 1. The molecule has 1 heterocycles. The maximum absolute atomic E-state index is 12.3. The van der Waals surface area contributed by atoms with Gasteiger partial charge in [-0.3, -0.25) is 9.10 Å². The number of nitrogens with zero attached hydrogens (tertiary/aromatic N) is 1. The zero-order valence-electron chi connectivity index (χ0n) is 13.9. The first-order valence-electron chi connectivity index (χ1n) is 7.66. The van der Waals surface area contributed by atoms with Crippen LogP contribution in [-0.2, 0) is 16.6 Å². The zero-order valence-corrected chi connectivity index (χ0v) is 15.5. The third-order valence-electron chi connectivity index (χ3n) is 3.81. The lowest BCUT2D eigenvalue weighted by Gasteiger charge is -2.22. The Balaban J connectivity index is 2.02. The van der Waals surface area contributed by atoms with Gasteiger partial charge >= 0.3 is 0 Å². The van der Waals surface area contributed by atoms with Crippen LogP contribution in [0.25, 0.3) is 10.1 Å². The smallest absolute Gasteiger partial charge is 0.261 e. The van der Waals surface area contributed by atoms with Gasteiger partial charge in [-0.15, -0.1) is 11.3 Å². The summed E-state index contributed by atoms with van der Waals surface area (Å²) in [5.41, 5.74) is 1.49. The highest BCUT2D eigenvalue weighted by Gasteiger charge is 2.19. The molecular weight excluding hydrogens is 356 g/mol. The maximum atomic E-state index is 12.3. The highest BCUT2D eigenvalue weighted by molar-refractivity contribution is 7.92. The van der Waals surface area contributed by atoms with Crippen LogP contribution in [-0.4, -0.2) is 27.6 Å². The number of carbonyl (C=O) groups excluding carboxylic acids is 1. The average Bonchev–Trinajstić information content (AvgIpc) is 3.02. The van der Waals surface area contributed by atoms with E-state index in [2.05, 4.69) is 5.32 Å². The molecule has 0 spiro atoms. The van der Waals surface area contributed by atoms with Gasteiger partial charge in [0.25, 0.3) is 5.91 Å². The average molecular weight is 374 g/mol. The van der Waals surface area contributed by atoms with Crippen molar-refractivity contribution in [1.29, 1.82) is 0 Å². The molecule has 7 heteroatoms. The highest BCUT2D eigenvalue weighted by Crippen LogP contribution is 2.31. The molecule has 1 aromatic heterocycles. The number of rotatable bonds is 5. The first-order valence-corrected chi connectivity index (χ1v) is 10.3. The van der Waals surface area contributed by atoms with Crippen molar-refractivity contribution in [3.63, 3.8) is 0 Å². The number of sulfonamides is 1. The van der Waals surface area contributed by atoms with E-state index in [9.17, 15) is 13.2 Å². The monoisotopic (exact) mass is 374 g/mol. The number of thiophene rings is 1. The third-order valence-corrected chi connectivity index (χ3v) is 6.06. The summed E-state index contributed by atoms with van der Waals surface area (Å²) in [6.45, 7) is 0.262. The fourth-order valence-electron chi connectivity index (χ4n) is 2.57. The molecule has 0 bridgehead atoms. The van der Waals surface area contributed by atoms with Crippen molar-refractivity contribution in [1.82, 2.24) is 5.32 Å². The predicted molar refractivity (Wildman–Crippen MR) is 103 cm³/mol. The fraction of sp³-hybridized carbons (Fsp3) is 0.167. The summed E-state index contributed by atoms with van der Waals surface area (Å²) < 4.78 is 26.9. The van der Waals surface area contributed by atoms with Crippen LogP contribution in [0.5, 0.6) is 0 Å². The third kappa shape index (κ3) is 3.83. The van der Waals surface area contributed by atoms with Gasteiger partial charge in [-0.1, -0.05) is 30.3 Å². The normalized spacial score (nSPS) is 11.4. The summed E-state index contributed by atoms with van der Waals surface area (Å²) in [6.07, 6.45) is 1.20. The molecule has 0 radical (unpaired) electrons. The first-order chi connectivity index (χ1) is 11.9. The molecule has 3 aromatic rings. The van der Waals surface area contributed by atoms with Gasteiger partial charge in [-0.25, -0.2) is 8.42 Å².